The Hall–Kier alpha value is -2.49. The quantitative estimate of drug-likeness (QED) is 0.739. The SMILES string of the molecule is Cc1nc2ccc(N(C)Cc3ccc(N)cc3)cc2o1. The monoisotopic (exact) mass is 267 g/mol. The average Bonchev–Trinajstić information content (AvgIpc) is 2.80. The van der Waals surface area contributed by atoms with Crippen LogP contribution in [-0.4, -0.2) is 12.0 Å². The van der Waals surface area contributed by atoms with Crippen molar-refractivity contribution in [3.63, 3.8) is 0 Å². The van der Waals surface area contributed by atoms with Gasteiger partial charge in [0.1, 0.15) is 5.52 Å². The van der Waals surface area contributed by atoms with Crippen molar-refractivity contribution in [2.75, 3.05) is 17.7 Å². The smallest absolute Gasteiger partial charge is 0.192 e. The third kappa shape index (κ3) is 2.45. The van der Waals surface area contributed by atoms with Gasteiger partial charge in [0, 0.05) is 38.0 Å². The van der Waals surface area contributed by atoms with Crippen molar-refractivity contribution in [1.82, 2.24) is 4.98 Å². The van der Waals surface area contributed by atoms with Crippen LogP contribution in [0.4, 0.5) is 11.4 Å². The highest BCUT2D eigenvalue weighted by molar-refractivity contribution is 5.77. The normalized spacial score (nSPS) is 10.9. The number of anilines is 2. The van der Waals surface area contributed by atoms with E-state index < -0.39 is 0 Å². The van der Waals surface area contributed by atoms with E-state index in [1.165, 1.54) is 5.56 Å². The molecule has 0 radical (unpaired) electrons. The molecule has 2 aromatic carbocycles. The van der Waals surface area contributed by atoms with Crippen molar-refractivity contribution in [1.29, 1.82) is 0 Å². The summed E-state index contributed by atoms with van der Waals surface area (Å²) in [5.74, 6) is 0.693. The van der Waals surface area contributed by atoms with Gasteiger partial charge in [-0.2, -0.15) is 0 Å². The fourth-order valence-electron chi connectivity index (χ4n) is 2.25. The van der Waals surface area contributed by atoms with E-state index in [2.05, 4.69) is 23.0 Å². The Bertz CT molecular complexity index is 731. The number of benzene rings is 2. The predicted octanol–water partition coefficient (Wildman–Crippen LogP) is 3.35. The first-order chi connectivity index (χ1) is 9.61. The second-order valence-electron chi connectivity index (χ2n) is 4.98. The second kappa shape index (κ2) is 4.89. The lowest BCUT2D eigenvalue weighted by atomic mass is 10.2. The molecule has 3 rings (SSSR count). The van der Waals surface area contributed by atoms with Crippen molar-refractivity contribution in [3.8, 4) is 0 Å². The predicted molar refractivity (Wildman–Crippen MR) is 81.7 cm³/mol. The number of hydrogen-bond donors (Lipinski definition) is 1. The number of hydrogen-bond acceptors (Lipinski definition) is 4. The minimum atomic E-state index is 0.693. The number of nitrogen functional groups attached to an aromatic ring is 1. The standard InChI is InChI=1S/C16H17N3O/c1-11-18-15-8-7-14(9-16(15)20-11)19(2)10-12-3-5-13(17)6-4-12/h3-9H,10,17H2,1-2H3. The number of rotatable bonds is 3. The van der Waals surface area contributed by atoms with Crippen molar-refractivity contribution < 1.29 is 4.42 Å². The molecule has 1 heterocycles. The molecule has 0 aliphatic heterocycles. The van der Waals surface area contributed by atoms with E-state index in [-0.39, 0.29) is 0 Å². The van der Waals surface area contributed by atoms with Crippen LogP contribution in [0.1, 0.15) is 11.5 Å². The summed E-state index contributed by atoms with van der Waals surface area (Å²) in [6.45, 7) is 2.68. The van der Waals surface area contributed by atoms with Crippen LogP contribution in [0.2, 0.25) is 0 Å². The molecule has 3 aromatic rings. The van der Waals surface area contributed by atoms with Gasteiger partial charge in [-0.15, -0.1) is 0 Å². The Morgan fingerprint density at radius 2 is 1.90 bits per heavy atom. The highest BCUT2D eigenvalue weighted by Gasteiger charge is 2.07. The van der Waals surface area contributed by atoms with Gasteiger partial charge in [0.2, 0.25) is 0 Å². The van der Waals surface area contributed by atoms with Crippen LogP contribution in [0, 0.1) is 6.92 Å². The molecule has 0 spiro atoms. The largest absolute Gasteiger partial charge is 0.441 e. The van der Waals surface area contributed by atoms with E-state index in [1.54, 1.807) is 0 Å². The van der Waals surface area contributed by atoms with Gasteiger partial charge in [-0.1, -0.05) is 12.1 Å². The average molecular weight is 267 g/mol. The summed E-state index contributed by atoms with van der Waals surface area (Å²) in [5.41, 5.74) is 10.5. The first-order valence-corrected chi connectivity index (χ1v) is 6.54. The highest BCUT2D eigenvalue weighted by Crippen LogP contribution is 2.23. The Balaban J connectivity index is 1.84. The molecule has 0 bridgehead atoms. The maximum Gasteiger partial charge on any atom is 0.192 e. The van der Waals surface area contributed by atoms with Crippen LogP contribution in [0.3, 0.4) is 0 Å². The van der Waals surface area contributed by atoms with Crippen molar-refractivity contribution >= 4 is 22.5 Å². The summed E-state index contributed by atoms with van der Waals surface area (Å²) in [7, 11) is 2.06. The minimum absolute atomic E-state index is 0.693. The summed E-state index contributed by atoms with van der Waals surface area (Å²) in [4.78, 5) is 6.48. The Kier molecular flexibility index (Phi) is 3.06. The molecule has 0 saturated heterocycles. The molecule has 1 aromatic heterocycles. The van der Waals surface area contributed by atoms with Gasteiger partial charge in [-0.25, -0.2) is 4.98 Å². The van der Waals surface area contributed by atoms with Gasteiger partial charge in [-0.3, -0.25) is 0 Å². The van der Waals surface area contributed by atoms with Gasteiger partial charge >= 0.3 is 0 Å². The molecule has 102 valence electrons. The summed E-state index contributed by atoms with van der Waals surface area (Å²) >= 11 is 0. The summed E-state index contributed by atoms with van der Waals surface area (Å²) in [6.07, 6.45) is 0. The first kappa shape index (κ1) is 12.5. The number of oxazole rings is 1. The maximum atomic E-state index is 5.70. The second-order valence-corrected chi connectivity index (χ2v) is 4.98. The highest BCUT2D eigenvalue weighted by atomic mass is 16.3. The van der Waals surface area contributed by atoms with Gasteiger partial charge in [0.25, 0.3) is 0 Å². The summed E-state index contributed by atoms with van der Waals surface area (Å²) in [5, 5.41) is 0. The van der Waals surface area contributed by atoms with Gasteiger partial charge in [0.05, 0.1) is 0 Å². The lowest BCUT2D eigenvalue weighted by molar-refractivity contribution is 0.561. The maximum absolute atomic E-state index is 5.70. The molecular formula is C16H17N3O. The Morgan fingerprint density at radius 1 is 1.15 bits per heavy atom. The molecule has 0 saturated carbocycles. The van der Waals surface area contributed by atoms with Crippen molar-refractivity contribution in [2.45, 2.75) is 13.5 Å². The van der Waals surface area contributed by atoms with Crippen molar-refractivity contribution in [2.24, 2.45) is 0 Å². The van der Waals surface area contributed by atoms with Crippen LogP contribution in [0.15, 0.2) is 46.9 Å². The molecular weight excluding hydrogens is 250 g/mol. The number of nitrogens with two attached hydrogens (primary N) is 1. The van der Waals surface area contributed by atoms with Crippen LogP contribution in [0.25, 0.3) is 11.1 Å². The molecule has 0 aliphatic carbocycles. The van der Waals surface area contributed by atoms with E-state index in [0.29, 0.717) is 5.89 Å². The number of nitrogens with zero attached hydrogens (tertiary/aromatic N) is 2. The first-order valence-electron chi connectivity index (χ1n) is 6.54. The molecule has 0 amide bonds. The van der Waals surface area contributed by atoms with Gasteiger partial charge < -0.3 is 15.1 Å². The van der Waals surface area contributed by atoms with Crippen LogP contribution in [-0.2, 0) is 6.54 Å². The molecule has 0 aliphatic rings. The third-order valence-corrected chi connectivity index (χ3v) is 3.32. The lowest BCUT2D eigenvalue weighted by Gasteiger charge is -2.19. The van der Waals surface area contributed by atoms with E-state index in [4.69, 9.17) is 10.2 Å². The zero-order valence-corrected chi connectivity index (χ0v) is 11.6. The molecule has 20 heavy (non-hydrogen) atoms. The number of aromatic nitrogens is 1. The molecule has 4 heteroatoms. The zero-order chi connectivity index (χ0) is 14.1. The van der Waals surface area contributed by atoms with E-state index in [0.717, 1.165) is 29.0 Å². The fraction of sp³-hybridized carbons (Fsp3) is 0.188. The van der Waals surface area contributed by atoms with Crippen LogP contribution < -0.4 is 10.6 Å². The summed E-state index contributed by atoms with van der Waals surface area (Å²) < 4.78 is 5.57. The number of fused-ring (bicyclic) bond motifs is 1. The number of aryl methyl sites for hydroxylation is 1. The van der Waals surface area contributed by atoms with Crippen LogP contribution in [0.5, 0.6) is 0 Å². The topological polar surface area (TPSA) is 55.3 Å². The van der Waals surface area contributed by atoms with E-state index in [1.807, 2.05) is 43.3 Å². The van der Waals surface area contributed by atoms with Crippen LogP contribution >= 0.6 is 0 Å². The van der Waals surface area contributed by atoms with Crippen molar-refractivity contribution in [3.05, 3.63) is 53.9 Å². The van der Waals surface area contributed by atoms with Gasteiger partial charge in [-0.05, 0) is 29.8 Å². The molecule has 0 unspecified atom stereocenters. The molecule has 0 atom stereocenters. The lowest BCUT2D eigenvalue weighted by Crippen LogP contribution is -2.16. The Morgan fingerprint density at radius 3 is 2.65 bits per heavy atom. The minimum Gasteiger partial charge on any atom is -0.441 e. The fourth-order valence-corrected chi connectivity index (χ4v) is 2.25. The zero-order valence-electron chi connectivity index (χ0n) is 11.6. The van der Waals surface area contributed by atoms with Gasteiger partial charge in [0.15, 0.2) is 11.5 Å². The molecule has 2 N–H and O–H groups in total. The summed E-state index contributed by atoms with van der Waals surface area (Å²) in [6, 6.07) is 14.0. The van der Waals surface area contributed by atoms with E-state index in [9.17, 15) is 0 Å². The molecule has 4 nitrogen and oxygen atoms in total. The van der Waals surface area contributed by atoms with E-state index >= 15 is 0 Å². The Labute approximate surface area is 117 Å². The third-order valence-electron chi connectivity index (χ3n) is 3.32. The molecule has 0 fully saturated rings.